The zero-order chi connectivity index (χ0) is 27.1. The van der Waals surface area contributed by atoms with Crippen LogP contribution in [-0.4, -0.2) is 44.4 Å². The lowest BCUT2D eigenvalue weighted by Crippen LogP contribution is -2.45. The highest BCUT2D eigenvalue weighted by molar-refractivity contribution is 9.11. The first-order valence-corrected chi connectivity index (χ1v) is 12.8. The summed E-state index contributed by atoms with van der Waals surface area (Å²) in [7, 11) is 1.45. The Bertz CT molecular complexity index is 1250. The summed E-state index contributed by atoms with van der Waals surface area (Å²) in [4.78, 5) is 36.9. The van der Waals surface area contributed by atoms with Gasteiger partial charge >= 0.3 is 12.0 Å². The Morgan fingerprint density at radius 2 is 1.84 bits per heavy atom. The van der Waals surface area contributed by atoms with Gasteiger partial charge in [0.15, 0.2) is 18.1 Å². The maximum absolute atomic E-state index is 12.5. The molecule has 0 fully saturated rings. The van der Waals surface area contributed by atoms with Crippen molar-refractivity contribution in [3.63, 3.8) is 0 Å². The predicted octanol–water partition coefficient (Wildman–Crippen LogP) is 4.25. The number of benzene rings is 2. The summed E-state index contributed by atoms with van der Waals surface area (Å²) in [6, 6.07) is 7.46. The quantitative estimate of drug-likeness (QED) is 0.214. The number of hydrogen-bond donors (Lipinski definition) is 3. The van der Waals surface area contributed by atoms with Gasteiger partial charge in [0.05, 0.1) is 31.5 Å². The number of halogens is 2. The number of allylic oxidation sites excluding steroid dienone is 1. The lowest BCUT2D eigenvalue weighted by atomic mass is 9.95. The highest BCUT2D eigenvalue weighted by Crippen LogP contribution is 2.34. The number of nitrogens with one attached hydrogen (secondary N) is 3. The minimum absolute atomic E-state index is 0.193. The summed E-state index contributed by atoms with van der Waals surface area (Å²) < 4.78 is 18.0. The van der Waals surface area contributed by atoms with Gasteiger partial charge in [-0.15, -0.1) is 0 Å². The topological polar surface area (TPSA) is 127 Å². The van der Waals surface area contributed by atoms with Crippen LogP contribution in [-0.2, 0) is 14.3 Å². The summed E-state index contributed by atoms with van der Waals surface area (Å²) in [5.41, 5.74) is 5.52. The molecule has 0 spiro atoms. The van der Waals surface area contributed by atoms with Crippen molar-refractivity contribution >= 4 is 56.0 Å². The van der Waals surface area contributed by atoms with Crippen molar-refractivity contribution in [1.82, 2.24) is 16.1 Å². The standard InChI is InChI=1S/C25H26Br2N4O6/c1-5-36-24(33)22-14(3)29-25(34)30-23(22)16-6-7-19(20(10-16)35-4)37-12-21(32)31-28-11-15-8-17(26)13(2)18(27)9-15/h6-11,23H,5,12H2,1-4H3,(H,31,32)(H2,29,30,34)/b28-11+/t23-/m0/s1. The number of ether oxygens (including phenoxy) is 3. The molecular weight excluding hydrogens is 612 g/mol. The van der Waals surface area contributed by atoms with E-state index in [9.17, 15) is 14.4 Å². The third-order valence-electron chi connectivity index (χ3n) is 5.35. The van der Waals surface area contributed by atoms with Gasteiger partial charge in [-0.3, -0.25) is 4.79 Å². The zero-order valence-corrected chi connectivity index (χ0v) is 23.8. The maximum Gasteiger partial charge on any atom is 0.338 e. The first-order chi connectivity index (χ1) is 17.6. The van der Waals surface area contributed by atoms with Gasteiger partial charge in [-0.25, -0.2) is 15.0 Å². The number of rotatable bonds is 9. The highest BCUT2D eigenvalue weighted by atomic mass is 79.9. The SMILES string of the molecule is CCOC(=O)C1=C(C)NC(=O)N[C@H]1c1ccc(OCC(=O)N/N=C/c2cc(Br)c(C)c(Br)c2)c(OC)c1. The van der Waals surface area contributed by atoms with Crippen molar-refractivity contribution < 1.29 is 28.6 Å². The minimum Gasteiger partial charge on any atom is -0.493 e. The van der Waals surface area contributed by atoms with Crippen LogP contribution in [0.3, 0.4) is 0 Å². The van der Waals surface area contributed by atoms with Gasteiger partial charge < -0.3 is 24.8 Å². The number of amides is 3. The highest BCUT2D eigenvalue weighted by Gasteiger charge is 2.32. The van der Waals surface area contributed by atoms with E-state index in [2.05, 4.69) is 53.0 Å². The van der Waals surface area contributed by atoms with E-state index in [1.165, 1.54) is 13.3 Å². The molecule has 1 aliphatic heterocycles. The molecule has 0 aliphatic carbocycles. The fraction of sp³-hybridized carbons (Fsp3) is 0.280. The van der Waals surface area contributed by atoms with Gasteiger partial charge in [0.2, 0.25) is 0 Å². The molecule has 0 saturated carbocycles. The second-order valence-corrected chi connectivity index (χ2v) is 9.60. The number of nitrogens with zero attached hydrogens (tertiary/aromatic N) is 1. The Morgan fingerprint density at radius 3 is 2.49 bits per heavy atom. The molecule has 1 heterocycles. The molecule has 3 amide bonds. The van der Waals surface area contributed by atoms with Crippen LogP contribution in [0.5, 0.6) is 11.5 Å². The number of hydrogen-bond acceptors (Lipinski definition) is 7. The zero-order valence-electron chi connectivity index (χ0n) is 20.6. The number of urea groups is 1. The average Bonchev–Trinajstić information content (AvgIpc) is 2.85. The summed E-state index contributed by atoms with van der Waals surface area (Å²) in [6.07, 6.45) is 1.52. The second kappa shape index (κ2) is 12.7. The Balaban J connectivity index is 1.69. The Labute approximate surface area is 231 Å². The molecule has 0 unspecified atom stereocenters. The summed E-state index contributed by atoms with van der Waals surface area (Å²) >= 11 is 6.95. The van der Waals surface area contributed by atoms with Crippen molar-refractivity contribution in [3.8, 4) is 11.5 Å². The van der Waals surface area contributed by atoms with E-state index >= 15 is 0 Å². The van der Waals surface area contributed by atoms with Crippen LogP contribution in [0.1, 0.15) is 36.6 Å². The van der Waals surface area contributed by atoms with Gasteiger partial charge in [-0.2, -0.15) is 5.10 Å². The van der Waals surface area contributed by atoms with E-state index in [0.717, 1.165) is 20.1 Å². The number of carbonyl (C=O) groups excluding carboxylic acids is 3. The van der Waals surface area contributed by atoms with Crippen molar-refractivity contribution in [2.45, 2.75) is 26.8 Å². The number of hydrazone groups is 1. The molecule has 3 rings (SSSR count). The van der Waals surface area contributed by atoms with Crippen LogP contribution in [0, 0.1) is 6.92 Å². The molecule has 1 aliphatic rings. The van der Waals surface area contributed by atoms with Gasteiger partial charge in [-0.1, -0.05) is 37.9 Å². The van der Waals surface area contributed by atoms with E-state index in [4.69, 9.17) is 14.2 Å². The average molecular weight is 638 g/mol. The Kier molecular flexibility index (Phi) is 9.70. The van der Waals surface area contributed by atoms with Crippen molar-refractivity contribution in [1.29, 1.82) is 0 Å². The van der Waals surface area contributed by atoms with Gasteiger partial charge in [0.25, 0.3) is 5.91 Å². The van der Waals surface area contributed by atoms with Crippen LogP contribution < -0.4 is 25.5 Å². The number of methoxy groups -OCH3 is 1. The monoisotopic (exact) mass is 636 g/mol. The van der Waals surface area contributed by atoms with E-state index in [0.29, 0.717) is 22.8 Å². The first kappa shape index (κ1) is 28.2. The third-order valence-corrected chi connectivity index (χ3v) is 7.00. The molecule has 0 saturated heterocycles. The molecule has 10 nitrogen and oxygen atoms in total. The van der Waals surface area contributed by atoms with Crippen LogP contribution in [0.4, 0.5) is 4.79 Å². The van der Waals surface area contributed by atoms with Crippen molar-refractivity contribution in [2.75, 3.05) is 20.3 Å². The molecule has 37 heavy (non-hydrogen) atoms. The van der Waals surface area contributed by atoms with Crippen LogP contribution in [0.15, 0.2) is 55.6 Å². The minimum atomic E-state index is -0.754. The molecule has 2 aromatic carbocycles. The second-order valence-electron chi connectivity index (χ2n) is 7.89. The fourth-order valence-electron chi connectivity index (χ4n) is 3.50. The third kappa shape index (κ3) is 7.10. The van der Waals surface area contributed by atoms with E-state index in [-0.39, 0.29) is 18.8 Å². The Morgan fingerprint density at radius 1 is 1.14 bits per heavy atom. The smallest absolute Gasteiger partial charge is 0.338 e. The lowest BCUT2D eigenvalue weighted by molar-refractivity contribution is -0.139. The maximum atomic E-state index is 12.5. The number of carbonyl (C=O) groups is 3. The largest absolute Gasteiger partial charge is 0.493 e. The van der Waals surface area contributed by atoms with Crippen LogP contribution in [0.2, 0.25) is 0 Å². The normalized spacial score (nSPS) is 15.2. The Hall–Kier alpha value is -3.38. The lowest BCUT2D eigenvalue weighted by Gasteiger charge is -2.28. The van der Waals surface area contributed by atoms with E-state index in [1.807, 2.05) is 19.1 Å². The van der Waals surface area contributed by atoms with Crippen molar-refractivity contribution in [2.24, 2.45) is 5.10 Å². The molecule has 3 N–H and O–H groups in total. The summed E-state index contributed by atoms with van der Waals surface area (Å²) in [5.74, 6) is -0.395. The molecule has 12 heteroatoms. The van der Waals surface area contributed by atoms with Gasteiger partial charge in [0.1, 0.15) is 0 Å². The van der Waals surface area contributed by atoms with E-state index < -0.39 is 23.9 Å². The van der Waals surface area contributed by atoms with Gasteiger partial charge in [0, 0.05) is 14.6 Å². The van der Waals surface area contributed by atoms with Crippen LogP contribution in [0.25, 0.3) is 0 Å². The van der Waals surface area contributed by atoms with Crippen molar-refractivity contribution in [3.05, 3.63) is 67.2 Å². The molecule has 0 radical (unpaired) electrons. The molecule has 196 valence electrons. The predicted molar refractivity (Wildman–Crippen MR) is 145 cm³/mol. The molecular formula is C25H26Br2N4O6. The molecule has 0 bridgehead atoms. The summed E-state index contributed by atoms with van der Waals surface area (Å²) in [6.45, 7) is 5.18. The van der Waals surface area contributed by atoms with E-state index in [1.54, 1.807) is 32.0 Å². The first-order valence-electron chi connectivity index (χ1n) is 11.2. The van der Waals surface area contributed by atoms with Gasteiger partial charge in [-0.05, 0) is 61.7 Å². The fourth-order valence-corrected chi connectivity index (χ4v) is 4.72. The van der Waals surface area contributed by atoms with Crippen LogP contribution >= 0.6 is 31.9 Å². The summed E-state index contributed by atoms with van der Waals surface area (Å²) in [5, 5.41) is 9.28. The molecule has 2 aromatic rings. The molecule has 1 atom stereocenters. The number of esters is 1. The molecule has 0 aromatic heterocycles.